The maximum atomic E-state index is 13.0. The van der Waals surface area contributed by atoms with Crippen molar-refractivity contribution in [3.8, 4) is 5.88 Å². The summed E-state index contributed by atoms with van der Waals surface area (Å²) in [6, 6.07) is 9.79. The normalized spacial score (nSPS) is 23.0. The van der Waals surface area contributed by atoms with Crippen LogP contribution in [0, 0.1) is 0 Å². The molecule has 6 nitrogen and oxygen atoms in total. The highest BCUT2D eigenvalue weighted by Gasteiger charge is 2.33. The van der Waals surface area contributed by atoms with E-state index in [9.17, 15) is 4.79 Å². The lowest BCUT2D eigenvalue weighted by Gasteiger charge is -2.36. The van der Waals surface area contributed by atoms with E-state index in [4.69, 9.17) is 9.47 Å². The van der Waals surface area contributed by atoms with Crippen LogP contribution in [0.5, 0.6) is 5.88 Å². The van der Waals surface area contributed by atoms with Gasteiger partial charge in [-0.2, -0.15) is 0 Å². The molecule has 25 heavy (non-hydrogen) atoms. The van der Waals surface area contributed by atoms with E-state index >= 15 is 0 Å². The summed E-state index contributed by atoms with van der Waals surface area (Å²) in [5.41, 5.74) is 2.20. The first-order chi connectivity index (χ1) is 12.3. The molecule has 4 rings (SSSR count). The van der Waals surface area contributed by atoms with Crippen molar-refractivity contribution in [2.24, 2.45) is 0 Å². The zero-order valence-corrected chi connectivity index (χ0v) is 14.0. The van der Waals surface area contributed by atoms with Crippen LogP contribution in [0.25, 0.3) is 0 Å². The maximum absolute atomic E-state index is 13.0. The van der Waals surface area contributed by atoms with Gasteiger partial charge in [-0.1, -0.05) is 24.3 Å². The summed E-state index contributed by atoms with van der Waals surface area (Å²) in [6.45, 7) is 1.89. The fourth-order valence-electron chi connectivity index (χ4n) is 3.52. The van der Waals surface area contributed by atoms with Crippen LogP contribution in [-0.4, -0.2) is 46.6 Å². The molecule has 0 aliphatic carbocycles. The Labute approximate surface area is 146 Å². The average Bonchev–Trinajstić information content (AvgIpc) is 2.68. The summed E-state index contributed by atoms with van der Waals surface area (Å²) in [4.78, 5) is 22.9. The average molecular weight is 339 g/mol. The standard InChI is InChI=1S/C19H21N3O3/c23-19(18-16-6-2-1-4-14(16)8-11-24-18)22-10-3-5-15(12-22)25-17-7-9-20-13-21-17/h1-2,4,6-7,9,13,15,18H,3,5,8,10-12H2. The van der Waals surface area contributed by atoms with Gasteiger partial charge in [-0.15, -0.1) is 0 Å². The van der Waals surface area contributed by atoms with Crippen molar-refractivity contribution < 1.29 is 14.3 Å². The van der Waals surface area contributed by atoms with Crippen LogP contribution in [0.1, 0.15) is 30.1 Å². The lowest BCUT2D eigenvalue weighted by Crippen LogP contribution is -2.47. The fourth-order valence-corrected chi connectivity index (χ4v) is 3.52. The molecule has 1 aromatic carbocycles. The van der Waals surface area contributed by atoms with Crippen molar-refractivity contribution in [1.82, 2.24) is 14.9 Å². The number of likely N-dealkylation sites (tertiary alicyclic amines) is 1. The maximum Gasteiger partial charge on any atom is 0.256 e. The minimum Gasteiger partial charge on any atom is -0.472 e. The van der Waals surface area contributed by atoms with Gasteiger partial charge in [0.25, 0.3) is 5.91 Å². The van der Waals surface area contributed by atoms with E-state index in [0.717, 1.165) is 31.4 Å². The molecular formula is C19H21N3O3. The molecule has 0 bridgehead atoms. The highest BCUT2D eigenvalue weighted by molar-refractivity contribution is 5.83. The molecule has 2 aliphatic heterocycles. The second kappa shape index (κ2) is 7.19. The van der Waals surface area contributed by atoms with Crippen LogP contribution in [0.2, 0.25) is 0 Å². The molecule has 0 saturated carbocycles. The number of carbonyl (C=O) groups excluding carboxylic acids is 1. The molecular weight excluding hydrogens is 318 g/mol. The first-order valence-corrected chi connectivity index (χ1v) is 8.72. The number of benzene rings is 1. The monoisotopic (exact) mass is 339 g/mol. The molecule has 2 unspecified atom stereocenters. The van der Waals surface area contributed by atoms with Gasteiger partial charge in [-0.25, -0.2) is 9.97 Å². The van der Waals surface area contributed by atoms with Crippen molar-refractivity contribution >= 4 is 5.91 Å². The van der Waals surface area contributed by atoms with Crippen molar-refractivity contribution in [3.63, 3.8) is 0 Å². The molecule has 0 N–H and O–H groups in total. The van der Waals surface area contributed by atoms with Crippen LogP contribution in [0.4, 0.5) is 0 Å². The Morgan fingerprint density at radius 3 is 3.08 bits per heavy atom. The number of hydrogen-bond acceptors (Lipinski definition) is 5. The van der Waals surface area contributed by atoms with E-state index in [1.165, 1.54) is 11.9 Å². The van der Waals surface area contributed by atoms with Crippen LogP contribution < -0.4 is 4.74 Å². The Hall–Kier alpha value is -2.47. The fraction of sp³-hybridized carbons (Fsp3) is 0.421. The van der Waals surface area contributed by atoms with Crippen LogP contribution in [-0.2, 0) is 16.0 Å². The third-order valence-electron chi connectivity index (χ3n) is 4.75. The quantitative estimate of drug-likeness (QED) is 0.857. The van der Waals surface area contributed by atoms with Crippen molar-refractivity contribution in [3.05, 3.63) is 54.0 Å². The van der Waals surface area contributed by atoms with Crippen LogP contribution >= 0.6 is 0 Å². The summed E-state index contributed by atoms with van der Waals surface area (Å²) < 4.78 is 11.7. The van der Waals surface area contributed by atoms with Gasteiger partial charge in [0.1, 0.15) is 12.4 Å². The third-order valence-corrected chi connectivity index (χ3v) is 4.75. The lowest BCUT2D eigenvalue weighted by molar-refractivity contribution is -0.147. The molecule has 2 aromatic rings. The SMILES string of the molecule is O=C(C1OCCc2ccccc21)N1CCCC(Oc2ccncn2)C1. The minimum absolute atomic E-state index is 0.0307. The number of nitrogens with zero attached hydrogens (tertiary/aromatic N) is 3. The highest BCUT2D eigenvalue weighted by atomic mass is 16.5. The van der Waals surface area contributed by atoms with Gasteiger partial charge in [-0.3, -0.25) is 4.79 Å². The molecule has 2 atom stereocenters. The van der Waals surface area contributed by atoms with E-state index in [0.29, 0.717) is 19.0 Å². The lowest BCUT2D eigenvalue weighted by atomic mass is 9.96. The van der Waals surface area contributed by atoms with Gasteiger partial charge in [0.05, 0.1) is 13.2 Å². The van der Waals surface area contributed by atoms with E-state index in [1.54, 1.807) is 12.3 Å². The summed E-state index contributed by atoms with van der Waals surface area (Å²) in [5.74, 6) is 0.580. The molecule has 0 spiro atoms. The van der Waals surface area contributed by atoms with E-state index in [2.05, 4.69) is 16.0 Å². The van der Waals surface area contributed by atoms with Crippen molar-refractivity contribution in [2.45, 2.75) is 31.5 Å². The predicted molar refractivity (Wildman–Crippen MR) is 91.1 cm³/mol. The number of ether oxygens (including phenoxy) is 2. The van der Waals surface area contributed by atoms with Crippen molar-refractivity contribution in [1.29, 1.82) is 0 Å². The molecule has 1 fully saturated rings. The molecule has 1 saturated heterocycles. The predicted octanol–water partition coefficient (Wildman–Crippen LogP) is 2.16. The van der Waals surface area contributed by atoms with Gasteiger partial charge in [0.2, 0.25) is 5.88 Å². The van der Waals surface area contributed by atoms with Crippen LogP contribution in [0.3, 0.4) is 0 Å². The zero-order valence-electron chi connectivity index (χ0n) is 14.0. The van der Waals surface area contributed by atoms with E-state index < -0.39 is 6.10 Å². The molecule has 130 valence electrons. The third kappa shape index (κ3) is 3.49. The largest absolute Gasteiger partial charge is 0.472 e. The van der Waals surface area contributed by atoms with Crippen molar-refractivity contribution in [2.75, 3.05) is 19.7 Å². The van der Waals surface area contributed by atoms with Gasteiger partial charge in [-0.05, 0) is 30.4 Å². The van der Waals surface area contributed by atoms with Crippen LogP contribution in [0.15, 0.2) is 42.9 Å². The molecule has 6 heteroatoms. The number of aromatic nitrogens is 2. The molecule has 1 aromatic heterocycles. The van der Waals surface area contributed by atoms with Gasteiger partial charge in [0, 0.05) is 18.8 Å². The summed E-state index contributed by atoms with van der Waals surface area (Å²) >= 11 is 0. The number of fused-ring (bicyclic) bond motifs is 1. The highest BCUT2D eigenvalue weighted by Crippen LogP contribution is 2.29. The Balaban J connectivity index is 1.46. The number of amides is 1. The number of hydrogen-bond donors (Lipinski definition) is 0. The second-order valence-corrected chi connectivity index (χ2v) is 6.41. The Kier molecular flexibility index (Phi) is 4.61. The Bertz CT molecular complexity index is 738. The smallest absolute Gasteiger partial charge is 0.256 e. The first kappa shape index (κ1) is 16.0. The first-order valence-electron chi connectivity index (χ1n) is 8.72. The second-order valence-electron chi connectivity index (χ2n) is 6.41. The zero-order chi connectivity index (χ0) is 17.1. The van der Waals surface area contributed by atoms with E-state index in [1.807, 2.05) is 23.1 Å². The number of carbonyl (C=O) groups is 1. The molecule has 2 aliphatic rings. The molecule has 1 amide bonds. The van der Waals surface area contributed by atoms with E-state index in [-0.39, 0.29) is 12.0 Å². The Morgan fingerprint density at radius 1 is 1.28 bits per heavy atom. The number of piperidine rings is 1. The van der Waals surface area contributed by atoms with Gasteiger partial charge in [0.15, 0.2) is 6.10 Å². The van der Waals surface area contributed by atoms with Gasteiger partial charge < -0.3 is 14.4 Å². The van der Waals surface area contributed by atoms with Gasteiger partial charge >= 0.3 is 0 Å². The Morgan fingerprint density at radius 2 is 2.20 bits per heavy atom. The summed E-state index contributed by atoms with van der Waals surface area (Å²) in [5, 5.41) is 0. The number of rotatable bonds is 3. The topological polar surface area (TPSA) is 64.5 Å². The molecule has 3 heterocycles. The summed E-state index contributed by atoms with van der Waals surface area (Å²) in [6.07, 6.45) is 5.26. The molecule has 0 radical (unpaired) electrons. The summed E-state index contributed by atoms with van der Waals surface area (Å²) in [7, 11) is 0. The minimum atomic E-state index is -0.497.